The number of aromatic nitrogens is 3. The Morgan fingerprint density at radius 1 is 1.44 bits per heavy atom. The van der Waals surface area contributed by atoms with Crippen LogP contribution in [0.2, 0.25) is 0 Å². The van der Waals surface area contributed by atoms with Gasteiger partial charge in [0, 0.05) is 7.05 Å². The summed E-state index contributed by atoms with van der Waals surface area (Å²) in [4.78, 5) is 15.7. The van der Waals surface area contributed by atoms with Gasteiger partial charge in [0.15, 0.2) is 0 Å². The van der Waals surface area contributed by atoms with Crippen molar-refractivity contribution in [2.24, 2.45) is 0 Å². The summed E-state index contributed by atoms with van der Waals surface area (Å²) in [6.45, 7) is 0. The third kappa shape index (κ3) is 2.31. The van der Waals surface area contributed by atoms with Crippen LogP contribution in [-0.2, 0) is 0 Å². The molecule has 0 saturated heterocycles. The van der Waals surface area contributed by atoms with Crippen LogP contribution < -0.4 is 10.6 Å². The van der Waals surface area contributed by atoms with Crippen molar-refractivity contribution in [3.05, 3.63) is 29.5 Å². The summed E-state index contributed by atoms with van der Waals surface area (Å²) in [5, 5.41) is 13.3. The van der Waals surface area contributed by atoms with Crippen LogP contribution in [0.4, 0.5) is 10.8 Å². The Hall–Kier alpha value is -2.02. The van der Waals surface area contributed by atoms with Gasteiger partial charge in [-0.2, -0.15) is 0 Å². The van der Waals surface area contributed by atoms with Gasteiger partial charge in [-0.15, -0.1) is 10.2 Å². The highest BCUT2D eigenvalue weighted by atomic mass is 32.1. The van der Waals surface area contributed by atoms with Crippen molar-refractivity contribution in [2.45, 2.75) is 0 Å². The molecule has 0 spiro atoms. The molecule has 2 N–H and O–H groups in total. The first kappa shape index (κ1) is 10.5. The lowest BCUT2D eigenvalue weighted by Crippen LogP contribution is -2.13. The lowest BCUT2D eigenvalue weighted by Gasteiger charge is -2.02. The number of nitrogens with one attached hydrogen (secondary N) is 2. The van der Waals surface area contributed by atoms with Gasteiger partial charge in [-0.3, -0.25) is 10.1 Å². The molecule has 0 fully saturated rings. The minimum Gasteiger partial charge on any atom is -0.387 e. The lowest BCUT2D eigenvalue weighted by atomic mass is 10.3. The highest BCUT2D eigenvalue weighted by Crippen LogP contribution is 2.10. The lowest BCUT2D eigenvalue weighted by molar-refractivity contribution is 0.102. The molecular weight excluding hydrogens is 226 g/mol. The van der Waals surface area contributed by atoms with Gasteiger partial charge in [0.25, 0.3) is 5.91 Å². The first-order valence-corrected chi connectivity index (χ1v) is 5.39. The molecule has 2 heterocycles. The molecular formula is C9H9N5OS. The van der Waals surface area contributed by atoms with Crippen LogP contribution in [-0.4, -0.2) is 28.1 Å². The Bertz CT molecular complexity index is 467. The van der Waals surface area contributed by atoms with Gasteiger partial charge in [0.2, 0.25) is 5.13 Å². The average Bonchev–Trinajstić information content (AvgIpc) is 2.82. The maximum absolute atomic E-state index is 11.7. The third-order valence-corrected chi connectivity index (χ3v) is 2.47. The maximum Gasteiger partial charge on any atom is 0.276 e. The van der Waals surface area contributed by atoms with Crippen LogP contribution in [0, 0.1) is 0 Å². The zero-order valence-corrected chi connectivity index (χ0v) is 9.28. The van der Waals surface area contributed by atoms with Crippen LogP contribution >= 0.6 is 11.3 Å². The summed E-state index contributed by atoms with van der Waals surface area (Å²) in [6.07, 6.45) is 1.59. The first-order chi connectivity index (χ1) is 7.79. The molecule has 0 unspecified atom stereocenters. The van der Waals surface area contributed by atoms with E-state index in [4.69, 9.17) is 0 Å². The van der Waals surface area contributed by atoms with Crippen molar-refractivity contribution in [2.75, 3.05) is 17.7 Å². The molecule has 0 radical (unpaired) electrons. The van der Waals surface area contributed by atoms with E-state index >= 15 is 0 Å². The number of rotatable bonds is 3. The fourth-order valence-electron chi connectivity index (χ4n) is 1.06. The summed E-state index contributed by atoms with van der Waals surface area (Å²) in [5.41, 5.74) is 2.74. The number of nitrogens with zero attached hydrogens (tertiary/aromatic N) is 3. The molecule has 1 amide bonds. The van der Waals surface area contributed by atoms with Crippen LogP contribution in [0.1, 0.15) is 10.5 Å². The van der Waals surface area contributed by atoms with Crippen molar-refractivity contribution in [1.29, 1.82) is 0 Å². The zero-order chi connectivity index (χ0) is 11.4. The fraction of sp³-hybridized carbons (Fsp3) is 0.111. The van der Waals surface area contributed by atoms with Crippen LogP contribution in [0.25, 0.3) is 0 Å². The largest absolute Gasteiger partial charge is 0.387 e. The standard InChI is InChI=1S/C9H9N5OS/c1-10-6-2-3-7(11-4-6)8(15)13-9-14-12-5-16-9/h2-5,10H,1H3,(H,13,14,15). The molecule has 0 aromatic carbocycles. The van der Waals surface area contributed by atoms with E-state index in [0.717, 1.165) is 5.69 Å². The van der Waals surface area contributed by atoms with Gasteiger partial charge in [0.1, 0.15) is 11.2 Å². The number of hydrogen-bond donors (Lipinski definition) is 2. The SMILES string of the molecule is CNc1ccc(C(=O)Nc2nncs2)nc1. The normalized spacial score (nSPS) is 9.81. The number of anilines is 2. The van der Waals surface area contributed by atoms with E-state index in [1.807, 2.05) is 0 Å². The number of amides is 1. The zero-order valence-electron chi connectivity index (χ0n) is 8.47. The number of carbonyl (C=O) groups is 1. The maximum atomic E-state index is 11.7. The minimum absolute atomic E-state index is 0.292. The summed E-state index contributed by atoms with van der Waals surface area (Å²) < 4.78 is 0. The second-order valence-corrected chi connectivity index (χ2v) is 3.71. The van der Waals surface area contributed by atoms with E-state index in [-0.39, 0.29) is 5.91 Å². The predicted molar refractivity (Wildman–Crippen MR) is 61.6 cm³/mol. The Morgan fingerprint density at radius 3 is 2.88 bits per heavy atom. The monoisotopic (exact) mass is 235 g/mol. The first-order valence-electron chi connectivity index (χ1n) is 4.51. The summed E-state index contributed by atoms with van der Waals surface area (Å²) in [7, 11) is 1.79. The molecule has 6 nitrogen and oxygen atoms in total. The van der Waals surface area contributed by atoms with Crippen molar-refractivity contribution >= 4 is 28.1 Å². The quantitative estimate of drug-likeness (QED) is 0.836. The van der Waals surface area contributed by atoms with Crippen LogP contribution in [0.15, 0.2) is 23.8 Å². The second kappa shape index (κ2) is 4.67. The van der Waals surface area contributed by atoms with Gasteiger partial charge < -0.3 is 5.32 Å². The average molecular weight is 235 g/mol. The highest BCUT2D eigenvalue weighted by Gasteiger charge is 2.08. The molecule has 2 rings (SSSR count). The van der Waals surface area contributed by atoms with Gasteiger partial charge in [-0.25, -0.2) is 4.98 Å². The van der Waals surface area contributed by atoms with Crippen LogP contribution in [0.5, 0.6) is 0 Å². The Morgan fingerprint density at radius 2 is 2.31 bits per heavy atom. The summed E-state index contributed by atoms with van der Waals surface area (Å²) >= 11 is 1.26. The topological polar surface area (TPSA) is 79.8 Å². The van der Waals surface area contributed by atoms with E-state index < -0.39 is 0 Å². The van der Waals surface area contributed by atoms with Gasteiger partial charge >= 0.3 is 0 Å². The number of hydrogen-bond acceptors (Lipinski definition) is 6. The van der Waals surface area contributed by atoms with Gasteiger partial charge in [-0.05, 0) is 12.1 Å². The molecule has 7 heteroatoms. The third-order valence-electron chi connectivity index (χ3n) is 1.87. The van der Waals surface area contributed by atoms with E-state index in [9.17, 15) is 4.79 Å². The van der Waals surface area contributed by atoms with Crippen molar-refractivity contribution in [3.63, 3.8) is 0 Å². The number of carbonyl (C=O) groups excluding carboxylic acids is 1. The van der Waals surface area contributed by atoms with E-state index in [1.165, 1.54) is 11.3 Å². The molecule has 0 aliphatic heterocycles. The molecule has 16 heavy (non-hydrogen) atoms. The Kier molecular flexibility index (Phi) is 3.06. The second-order valence-electron chi connectivity index (χ2n) is 2.88. The molecule has 0 aliphatic rings. The fourth-order valence-corrected chi connectivity index (χ4v) is 1.50. The molecule has 2 aromatic rings. The molecule has 0 bridgehead atoms. The van der Waals surface area contributed by atoms with E-state index in [1.54, 1.807) is 30.9 Å². The number of pyridine rings is 1. The highest BCUT2D eigenvalue weighted by molar-refractivity contribution is 7.13. The van der Waals surface area contributed by atoms with E-state index in [2.05, 4.69) is 25.8 Å². The molecule has 82 valence electrons. The Balaban J connectivity index is 2.09. The minimum atomic E-state index is -0.292. The van der Waals surface area contributed by atoms with Crippen molar-refractivity contribution in [1.82, 2.24) is 15.2 Å². The van der Waals surface area contributed by atoms with Gasteiger partial charge in [0.05, 0.1) is 11.9 Å². The molecule has 2 aromatic heterocycles. The van der Waals surface area contributed by atoms with Gasteiger partial charge in [-0.1, -0.05) is 11.3 Å². The summed E-state index contributed by atoms with van der Waals surface area (Å²) in [6, 6.07) is 3.42. The van der Waals surface area contributed by atoms with Crippen molar-refractivity contribution in [3.8, 4) is 0 Å². The van der Waals surface area contributed by atoms with Crippen LogP contribution in [0.3, 0.4) is 0 Å². The van der Waals surface area contributed by atoms with Crippen molar-refractivity contribution < 1.29 is 4.79 Å². The predicted octanol–water partition coefficient (Wildman–Crippen LogP) is 1.23. The van der Waals surface area contributed by atoms with E-state index in [0.29, 0.717) is 10.8 Å². The summed E-state index contributed by atoms with van der Waals surface area (Å²) in [5.74, 6) is -0.292. The molecule has 0 atom stereocenters. The Labute approximate surface area is 95.7 Å². The molecule has 0 aliphatic carbocycles. The smallest absolute Gasteiger partial charge is 0.276 e. The molecule has 0 saturated carbocycles.